The van der Waals surface area contributed by atoms with E-state index in [0.29, 0.717) is 10.7 Å². The van der Waals surface area contributed by atoms with E-state index in [1.165, 1.54) is 17.2 Å². The second-order valence-corrected chi connectivity index (χ2v) is 9.93. The topological polar surface area (TPSA) is 59.0 Å². The van der Waals surface area contributed by atoms with E-state index >= 15 is 0 Å². The normalized spacial score (nSPS) is 15.8. The van der Waals surface area contributed by atoms with Crippen molar-refractivity contribution in [2.45, 2.75) is 57.8 Å². The second-order valence-electron chi connectivity index (χ2n) is 9.49. The zero-order valence-electron chi connectivity index (χ0n) is 19.1. The van der Waals surface area contributed by atoms with Crippen LogP contribution < -0.4 is 10.6 Å². The summed E-state index contributed by atoms with van der Waals surface area (Å²) in [6.45, 7) is 6.34. The minimum absolute atomic E-state index is 0.0408. The summed E-state index contributed by atoms with van der Waals surface area (Å²) in [7, 11) is 0. The van der Waals surface area contributed by atoms with Gasteiger partial charge in [0.1, 0.15) is 0 Å². The van der Waals surface area contributed by atoms with Crippen molar-refractivity contribution in [1.29, 1.82) is 0 Å². The Hall–Kier alpha value is -3.00. The van der Waals surface area contributed by atoms with Gasteiger partial charge in [0.15, 0.2) is 5.69 Å². The van der Waals surface area contributed by atoms with Gasteiger partial charge in [-0.2, -0.15) is 18.3 Å². The Labute approximate surface area is 201 Å². The van der Waals surface area contributed by atoms with Crippen LogP contribution in [0.3, 0.4) is 0 Å². The molecule has 2 amide bonds. The van der Waals surface area contributed by atoms with Gasteiger partial charge < -0.3 is 10.6 Å². The molecule has 0 saturated carbocycles. The number of nitrogens with zero attached hydrogens (tertiary/aromatic N) is 2. The van der Waals surface area contributed by atoms with Crippen molar-refractivity contribution < 1.29 is 18.0 Å². The molecule has 9 heteroatoms. The summed E-state index contributed by atoms with van der Waals surface area (Å²) >= 11 is 6.00. The predicted molar refractivity (Wildman–Crippen MR) is 125 cm³/mol. The molecule has 1 atom stereocenters. The summed E-state index contributed by atoms with van der Waals surface area (Å²) in [6, 6.07) is 13.0. The number of halogens is 4. The van der Waals surface area contributed by atoms with Gasteiger partial charge in [0, 0.05) is 5.02 Å². The SMILES string of the molecule is CC(C)(C)c1ccc2c(c1)CC[C@@H]2NC(=O)NCc1cc(C(F)(F)F)nn1-c1cccc(Cl)c1. The molecular weight excluding hydrogens is 465 g/mol. The molecule has 0 saturated heterocycles. The minimum Gasteiger partial charge on any atom is -0.332 e. The van der Waals surface area contributed by atoms with Gasteiger partial charge in [-0.1, -0.05) is 56.6 Å². The molecule has 2 aromatic carbocycles. The monoisotopic (exact) mass is 490 g/mol. The number of aryl methyl sites for hydroxylation is 1. The maximum absolute atomic E-state index is 13.3. The number of nitrogens with one attached hydrogen (secondary N) is 2. The third-order valence-electron chi connectivity index (χ3n) is 5.95. The van der Waals surface area contributed by atoms with Crippen LogP contribution in [-0.4, -0.2) is 15.8 Å². The number of hydrogen-bond acceptors (Lipinski definition) is 2. The third kappa shape index (κ3) is 5.22. The fraction of sp³-hybridized carbons (Fsp3) is 0.360. The number of hydrogen-bond donors (Lipinski definition) is 2. The molecule has 34 heavy (non-hydrogen) atoms. The number of aromatic nitrogens is 2. The average molecular weight is 491 g/mol. The van der Waals surface area contributed by atoms with Crippen LogP contribution in [-0.2, 0) is 24.6 Å². The van der Waals surface area contributed by atoms with Crippen LogP contribution >= 0.6 is 11.6 Å². The van der Waals surface area contributed by atoms with Crippen molar-refractivity contribution in [3.8, 4) is 5.69 Å². The molecule has 1 aliphatic carbocycles. The van der Waals surface area contributed by atoms with Gasteiger partial charge in [-0.05, 0) is 59.2 Å². The molecule has 0 aliphatic heterocycles. The molecular formula is C25H26ClF3N4O. The summed E-state index contributed by atoms with van der Waals surface area (Å²) in [5, 5.41) is 9.68. The number of benzene rings is 2. The zero-order valence-corrected chi connectivity index (χ0v) is 19.9. The molecule has 2 N–H and O–H groups in total. The quantitative estimate of drug-likeness (QED) is 0.449. The third-order valence-corrected chi connectivity index (χ3v) is 6.18. The second kappa shape index (κ2) is 8.98. The Bertz CT molecular complexity index is 1210. The summed E-state index contributed by atoms with van der Waals surface area (Å²) in [6.07, 6.45) is -2.98. The number of amides is 2. The van der Waals surface area contributed by atoms with Gasteiger partial charge in [0.2, 0.25) is 0 Å². The van der Waals surface area contributed by atoms with Gasteiger partial charge >= 0.3 is 12.2 Å². The van der Waals surface area contributed by atoms with Gasteiger partial charge in [-0.15, -0.1) is 0 Å². The average Bonchev–Trinajstić information content (AvgIpc) is 3.36. The zero-order chi connectivity index (χ0) is 24.7. The van der Waals surface area contributed by atoms with Gasteiger partial charge in [0.25, 0.3) is 0 Å². The molecule has 0 bridgehead atoms. The van der Waals surface area contributed by atoms with Crippen molar-refractivity contribution >= 4 is 17.6 Å². The van der Waals surface area contributed by atoms with Crippen LogP contribution in [0.4, 0.5) is 18.0 Å². The van der Waals surface area contributed by atoms with Crippen LogP contribution in [0.2, 0.25) is 5.02 Å². The molecule has 5 nitrogen and oxygen atoms in total. The van der Waals surface area contributed by atoms with Crippen LogP contribution in [0.1, 0.15) is 61.3 Å². The first kappa shape index (κ1) is 24.1. The van der Waals surface area contributed by atoms with Crippen LogP contribution in [0.5, 0.6) is 0 Å². The lowest BCUT2D eigenvalue weighted by Gasteiger charge is -2.21. The first-order valence-corrected chi connectivity index (χ1v) is 11.4. The highest BCUT2D eigenvalue weighted by molar-refractivity contribution is 6.30. The smallest absolute Gasteiger partial charge is 0.332 e. The Morgan fingerprint density at radius 1 is 1.15 bits per heavy atom. The fourth-order valence-corrected chi connectivity index (χ4v) is 4.31. The van der Waals surface area contributed by atoms with Crippen molar-refractivity contribution in [1.82, 2.24) is 20.4 Å². The number of rotatable bonds is 4. The molecule has 1 aliphatic rings. The molecule has 1 heterocycles. The number of fused-ring (bicyclic) bond motifs is 1. The molecule has 1 aromatic heterocycles. The maximum Gasteiger partial charge on any atom is 0.435 e. The van der Waals surface area contributed by atoms with Crippen LogP contribution in [0.15, 0.2) is 48.5 Å². The van der Waals surface area contributed by atoms with Crippen molar-refractivity contribution in [3.05, 3.63) is 81.6 Å². The molecule has 0 unspecified atom stereocenters. The van der Waals surface area contributed by atoms with E-state index in [0.717, 1.165) is 29.2 Å². The molecule has 180 valence electrons. The van der Waals surface area contributed by atoms with E-state index in [-0.39, 0.29) is 23.7 Å². The highest BCUT2D eigenvalue weighted by atomic mass is 35.5. The predicted octanol–water partition coefficient (Wildman–Crippen LogP) is 6.33. The number of urea groups is 1. The fourth-order valence-electron chi connectivity index (χ4n) is 4.13. The lowest BCUT2D eigenvalue weighted by Crippen LogP contribution is -2.37. The lowest BCUT2D eigenvalue weighted by molar-refractivity contribution is -0.141. The van der Waals surface area contributed by atoms with E-state index in [4.69, 9.17) is 11.6 Å². The Balaban J connectivity index is 1.47. The summed E-state index contributed by atoms with van der Waals surface area (Å²) in [5.41, 5.74) is 3.10. The molecule has 4 rings (SSSR count). The van der Waals surface area contributed by atoms with Crippen molar-refractivity contribution in [3.63, 3.8) is 0 Å². The largest absolute Gasteiger partial charge is 0.435 e. The molecule has 3 aromatic rings. The standard InChI is InChI=1S/C25H26ClF3N4O/c1-24(2,3)16-8-9-20-15(11-16)7-10-21(20)31-23(34)30-14-19-13-22(25(27,28)29)32-33(19)18-6-4-5-17(26)12-18/h4-6,8-9,11-13,21H,7,10,14H2,1-3H3,(H2,30,31,34)/t21-/m0/s1. The van der Waals surface area contributed by atoms with Crippen molar-refractivity contribution in [2.24, 2.45) is 0 Å². The summed E-state index contributed by atoms with van der Waals surface area (Å²) in [5.74, 6) is 0. The molecule has 0 spiro atoms. The lowest BCUT2D eigenvalue weighted by atomic mass is 9.85. The first-order valence-electron chi connectivity index (χ1n) is 11.0. The Kier molecular flexibility index (Phi) is 6.38. The summed E-state index contributed by atoms with van der Waals surface area (Å²) < 4.78 is 41.0. The first-order chi connectivity index (χ1) is 15.9. The maximum atomic E-state index is 13.3. The highest BCUT2D eigenvalue weighted by Crippen LogP contribution is 2.34. The van der Waals surface area contributed by atoms with Crippen molar-refractivity contribution in [2.75, 3.05) is 0 Å². The van der Waals surface area contributed by atoms with Gasteiger partial charge in [0.05, 0.1) is 24.0 Å². The Morgan fingerprint density at radius 3 is 2.59 bits per heavy atom. The number of alkyl halides is 3. The van der Waals surface area contributed by atoms with E-state index < -0.39 is 17.9 Å². The van der Waals surface area contributed by atoms with E-state index in [1.807, 2.05) is 0 Å². The Morgan fingerprint density at radius 2 is 1.91 bits per heavy atom. The van der Waals surface area contributed by atoms with Crippen LogP contribution in [0, 0.1) is 0 Å². The van der Waals surface area contributed by atoms with E-state index in [9.17, 15) is 18.0 Å². The molecule has 0 radical (unpaired) electrons. The van der Waals surface area contributed by atoms with Crippen LogP contribution in [0.25, 0.3) is 5.69 Å². The van der Waals surface area contributed by atoms with E-state index in [1.54, 1.807) is 18.2 Å². The molecule has 0 fully saturated rings. The van der Waals surface area contributed by atoms with Gasteiger partial charge in [-0.25, -0.2) is 9.48 Å². The van der Waals surface area contributed by atoms with Gasteiger partial charge in [-0.3, -0.25) is 0 Å². The highest BCUT2D eigenvalue weighted by Gasteiger charge is 2.35. The summed E-state index contributed by atoms with van der Waals surface area (Å²) in [4.78, 5) is 12.6. The number of carbonyl (C=O) groups excluding carboxylic acids is 1. The van der Waals surface area contributed by atoms with E-state index in [2.05, 4.69) is 54.7 Å². The minimum atomic E-state index is -4.61. The number of carbonyl (C=O) groups is 1.